The van der Waals surface area contributed by atoms with Crippen LogP contribution in [0.25, 0.3) is 22.3 Å². The van der Waals surface area contributed by atoms with Crippen molar-refractivity contribution in [3.63, 3.8) is 0 Å². The summed E-state index contributed by atoms with van der Waals surface area (Å²) in [5.74, 6) is 8.00. The number of hydrogen-bond donors (Lipinski definition) is 4. The zero-order valence-electron chi connectivity index (χ0n) is 32.9. The second kappa shape index (κ2) is 16.6. The van der Waals surface area contributed by atoms with E-state index in [0.717, 1.165) is 58.4 Å². The van der Waals surface area contributed by atoms with Gasteiger partial charge in [0, 0.05) is 36.9 Å². The smallest absolute Gasteiger partial charge is 0.407 e. The summed E-state index contributed by atoms with van der Waals surface area (Å²) in [7, 11) is 4.03. The number of alkyl carbamates (subject to hydrolysis) is 2. The van der Waals surface area contributed by atoms with Gasteiger partial charge in [-0.3, -0.25) is 9.59 Å². The third kappa shape index (κ3) is 7.97. The minimum Gasteiger partial charge on any atom is -0.486 e. The number of aromatic amines is 2. The molecule has 57 heavy (non-hydrogen) atoms. The molecular formula is C41H48N8O8. The third-order valence-corrected chi connectivity index (χ3v) is 10.9. The molecule has 7 rings (SSSR count). The maximum absolute atomic E-state index is 13.7. The van der Waals surface area contributed by atoms with Crippen molar-refractivity contribution in [2.75, 3.05) is 34.4 Å². The normalized spacial score (nSPS) is 18.8. The summed E-state index contributed by atoms with van der Waals surface area (Å²) in [5.41, 5.74) is 5.58. The van der Waals surface area contributed by atoms with E-state index in [1.807, 2.05) is 50.2 Å². The lowest BCUT2D eigenvalue weighted by molar-refractivity contribution is -0.137. The maximum Gasteiger partial charge on any atom is 0.407 e. The number of carbonyl (C=O) groups excluding carboxylic acids is 4. The summed E-state index contributed by atoms with van der Waals surface area (Å²) >= 11 is 0. The Bertz CT molecular complexity index is 2240. The van der Waals surface area contributed by atoms with Crippen LogP contribution in [-0.2, 0) is 30.4 Å². The molecule has 2 aromatic carbocycles. The number of amides is 4. The molecule has 0 spiro atoms. The topological polar surface area (TPSA) is 193 Å². The summed E-state index contributed by atoms with van der Waals surface area (Å²) in [6, 6.07) is 9.40. The zero-order chi connectivity index (χ0) is 40.4. The number of H-pyrrole nitrogens is 2. The molecule has 16 heteroatoms. The van der Waals surface area contributed by atoms with Crippen LogP contribution >= 0.6 is 0 Å². The first-order valence-corrected chi connectivity index (χ1v) is 19.2. The van der Waals surface area contributed by atoms with E-state index >= 15 is 0 Å². The van der Waals surface area contributed by atoms with Gasteiger partial charge in [-0.15, -0.1) is 0 Å². The van der Waals surface area contributed by atoms with Crippen LogP contribution in [0, 0.1) is 17.8 Å². The van der Waals surface area contributed by atoms with Gasteiger partial charge in [0.15, 0.2) is 0 Å². The number of ether oxygens (including phenoxy) is 4. The number of carbonyl (C=O) groups is 4. The van der Waals surface area contributed by atoms with Gasteiger partial charge in [-0.1, -0.05) is 25.7 Å². The Balaban J connectivity index is 1.06. The summed E-state index contributed by atoms with van der Waals surface area (Å²) in [6.07, 6.45) is 1.17. The zero-order valence-corrected chi connectivity index (χ0v) is 32.9. The summed E-state index contributed by atoms with van der Waals surface area (Å²) in [5, 5.41) is 5.31. The number of fused-ring (bicyclic) bond motifs is 4. The van der Waals surface area contributed by atoms with Gasteiger partial charge < -0.3 is 49.3 Å². The molecule has 1 unspecified atom stereocenters. The predicted molar refractivity (Wildman–Crippen MR) is 208 cm³/mol. The minimum atomic E-state index is -0.919. The van der Waals surface area contributed by atoms with Gasteiger partial charge >= 0.3 is 12.2 Å². The number of nitrogens with zero attached hydrogens (tertiary/aromatic N) is 4. The molecular weight excluding hydrogens is 732 g/mol. The highest BCUT2D eigenvalue weighted by Gasteiger charge is 2.40. The second-order valence-corrected chi connectivity index (χ2v) is 14.8. The number of imidazole rings is 2. The molecule has 2 saturated heterocycles. The average Bonchev–Trinajstić information content (AvgIpc) is 4.05. The monoisotopic (exact) mass is 780 g/mol. The maximum atomic E-state index is 13.7. The minimum absolute atomic E-state index is 0.122. The van der Waals surface area contributed by atoms with Crippen molar-refractivity contribution in [1.82, 2.24) is 40.4 Å². The third-order valence-electron chi connectivity index (χ3n) is 10.9. The van der Waals surface area contributed by atoms with Crippen molar-refractivity contribution >= 4 is 35.0 Å². The first-order valence-electron chi connectivity index (χ1n) is 19.2. The summed E-state index contributed by atoms with van der Waals surface area (Å²) in [4.78, 5) is 71.4. The number of benzene rings is 2. The number of hydrogen-bond acceptors (Lipinski definition) is 10. The number of methoxy groups -OCH3 is 3. The molecule has 16 nitrogen and oxygen atoms in total. The number of rotatable bonds is 9. The van der Waals surface area contributed by atoms with Crippen molar-refractivity contribution < 1.29 is 38.1 Å². The predicted octanol–water partition coefficient (Wildman–Crippen LogP) is 4.71. The van der Waals surface area contributed by atoms with Crippen molar-refractivity contribution in [3.05, 3.63) is 64.9 Å². The van der Waals surface area contributed by atoms with Crippen molar-refractivity contribution in [1.29, 1.82) is 0 Å². The SMILES string of the molecule is COC(=O)NC(C(=O)N1CCC[C@H]1c1nc2ccc(C#Cc3ccc4c(c3)OCc3nc([C@@H]5CCCN5C(=O)[C@@H](NC(=O)OC)[C@@H](C)OC)[nH]c3-4)cc2[nH]1)C(C)C. The molecule has 5 heterocycles. The highest BCUT2D eigenvalue weighted by atomic mass is 16.5. The highest BCUT2D eigenvalue weighted by Crippen LogP contribution is 2.40. The van der Waals surface area contributed by atoms with Crippen molar-refractivity contribution in [2.45, 2.75) is 83.3 Å². The molecule has 0 saturated carbocycles. The molecule has 3 aliphatic rings. The lowest BCUT2D eigenvalue weighted by atomic mass is 10.0. The quantitative estimate of drug-likeness (QED) is 0.173. The fourth-order valence-corrected chi connectivity index (χ4v) is 7.78. The Morgan fingerprint density at radius 3 is 2.04 bits per heavy atom. The van der Waals surface area contributed by atoms with Crippen LogP contribution < -0.4 is 15.4 Å². The molecule has 5 atom stereocenters. The van der Waals surface area contributed by atoms with Crippen molar-refractivity contribution in [2.24, 2.45) is 5.92 Å². The van der Waals surface area contributed by atoms with Gasteiger partial charge in [0.25, 0.3) is 0 Å². The highest BCUT2D eigenvalue weighted by molar-refractivity contribution is 5.87. The molecule has 4 N–H and O–H groups in total. The van der Waals surface area contributed by atoms with E-state index in [9.17, 15) is 19.2 Å². The van der Waals surface area contributed by atoms with Crippen LogP contribution in [0.2, 0.25) is 0 Å². The summed E-state index contributed by atoms with van der Waals surface area (Å²) < 4.78 is 21.1. The van der Waals surface area contributed by atoms with E-state index in [1.165, 1.54) is 21.3 Å². The van der Waals surface area contributed by atoms with Gasteiger partial charge in [-0.2, -0.15) is 0 Å². The van der Waals surface area contributed by atoms with Gasteiger partial charge in [-0.05, 0) is 74.9 Å². The molecule has 0 radical (unpaired) electrons. The van der Waals surface area contributed by atoms with Crippen LogP contribution in [0.3, 0.4) is 0 Å². The van der Waals surface area contributed by atoms with E-state index in [1.54, 1.807) is 16.7 Å². The van der Waals surface area contributed by atoms with Gasteiger partial charge in [0.2, 0.25) is 11.8 Å². The van der Waals surface area contributed by atoms with E-state index < -0.39 is 30.4 Å². The van der Waals surface area contributed by atoms with Crippen LogP contribution in [0.4, 0.5) is 9.59 Å². The molecule has 3 aliphatic heterocycles. The average molecular weight is 781 g/mol. The number of nitrogens with one attached hydrogen (secondary N) is 4. The fraction of sp³-hybridized carbons (Fsp3) is 0.463. The van der Waals surface area contributed by atoms with E-state index in [0.29, 0.717) is 36.9 Å². The fourth-order valence-electron chi connectivity index (χ4n) is 7.78. The molecule has 2 fully saturated rings. The standard InChI is InChI=1S/C41H48N8O8/c1-22(2)33(46-40(52)55-5)38(50)48-17-7-9-30(48)36-42-27-16-14-24(19-28(27)43-36)11-12-25-13-15-26-32(20-25)57-21-29-35(26)45-37(44-29)31-10-8-18-49(31)39(51)34(23(3)54-4)47-41(53)56-6/h13-16,19-20,22-23,30-31,33-34H,7-10,17-18,21H2,1-6H3,(H,42,43)(H,44,45)(H,46,52)(H,47,53)/t23-,30+,31+,33?,34+/m1/s1. The molecule has 0 aliphatic carbocycles. The Hall–Kier alpha value is -6.08. The molecule has 4 amide bonds. The molecule has 0 bridgehead atoms. The molecule has 2 aromatic heterocycles. The lowest BCUT2D eigenvalue weighted by Crippen LogP contribution is -2.54. The van der Waals surface area contributed by atoms with E-state index in [4.69, 9.17) is 28.9 Å². The Labute approximate surface area is 330 Å². The first-order chi connectivity index (χ1) is 27.5. The first kappa shape index (κ1) is 39.2. The second-order valence-electron chi connectivity index (χ2n) is 14.8. The van der Waals surface area contributed by atoms with Crippen LogP contribution in [0.5, 0.6) is 5.75 Å². The van der Waals surface area contributed by atoms with Gasteiger partial charge in [0.1, 0.15) is 41.8 Å². The summed E-state index contributed by atoms with van der Waals surface area (Å²) in [6.45, 7) is 6.86. The Morgan fingerprint density at radius 2 is 1.40 bits per heavy atom. The van der Waals surface area contributed by atoms with Crippen LogP contribution in [0.15, 0.2) is 36.4 Å². The molecule has 4 aromatic rings. The van der Waals surface area contributed by atoms with Gasteiger partial charge in [-0.25, -0.2) is 19.6 Å². The Morgan fingerprint density at radius 1 is 0.807 bits per heavy atom. The Kier molecular flexibility index (Phi) is 11.4. The molecule has 300 valence electrons. The largest absolute Gasteiger partial charge is 0.486 e. The number of aromatic nitrogens is 4. The number of likely N-dealkylation sites (tertiary alicyclic amines) is 2. The van der Waals surface area contributed by atoms with Crippen LogP contribution in [-0.4, -0.2) is 106 Å². The van der Waals surface area contributed by atoms with E-state index in [2.05, 4.69) is 32.4 Å². The van der Waals surface area contributed by atoms with E-state index in [-0.39, 0.29) is 36.4 Å². The lowest BCUT2D eigenvalue weighted by Gasteiger charge is -2.30. The van der Waals surface area contributed by atoms with Gasteiger partial charge in [0.05, 0.1) is 49.1 Å². The van der Waals surface area contributed by atoms with Crippen molar-refractivity contribution in [3.8, 4) is 28.8 Å². The van der Waals surface area contributed by atoms with Crippen LogP contribution in [0.1, 0.15) is 87.0 Å².